The molecule has 0 aromatic heterocycles. The normalized spacial score (nSPS) is 25.7. The van der Waals surface area contributed by atoms with Gasteiger partial charge in [0, 0.05) is 30.7 Å². The van der Waals surface area contributed by atoms with Gasteiger partial charge < -0.3 is 10.1 Å². The molecule has 0 spiro atoms. The van der Waals surface area contributed by atoms with Crippen LogP contribution in [-0.2, 0) is 4.74 Å². The monoisotopic (exact) mass is 390 g/mol. The van der Waals surface area contributed by atoms with E-state index in [2.05, 4.69) is 22.3 Å². The highest BCUT2D eigenvalue weighted by atomic mass is 35.5. The number of rotatable bonds is 3. The Morgan fingerprint density at radius 3 is 2.65 bits per heavy atom. The molecule has 2 heterocycles. The number of halogens is 2. The lowest BCUT2D eigenvalue weighted by atomic mass is 10.1. The molecule has 4 rings (SSSR count). The third kappa shape index (κ3) is 3.74. The molecule has 2 fully saturated rings. The van der Waals surface area contributed by atoms with Crippen molar-refractivity contribution in [1.29, 1.82) is 0 Å². The van der Waals surface area contributed by atoms with Crippen LogP contribution in [0.4, 0.5) is 0 Å². The molecule has 2 aromatic rings. The number of ether oxygens (including phenoxy) is 1. The molecule has 2 aliphatic rings. The van der Waals surface area contributed by atoms with Crippen molar-refractivity contribution in [2.45, 2.75) is 24.6 Å². The molecule has 0 unspecified atom stereocenters. The first-order chi connectivity index (χ1) is 12.6. The summed E-state index contributed by atoms with van der Waals surface area (Å²) in [4.78, 5) is 14.9. The first kappa shape index (κ1) is 17.8. The summed E-state index contributed by atoms with van der Waals surface area (Å²) in [5, 5.41) is 3.96. The van der Waals surface area contributed by atoms with Crippen LogP contribution in [0.2, 0.25) is 10.0 Å². The third-order valence-corrected chi connectivity index (χ3v) is 5.85. The highest BCUT2D eigenvalue weighted by Crippen LogP contribution is 2.30. The van der Waals surface area contributed by atoms with E-state index in [0.717, 1.165) is 19.5 Å². The minimum Gasteiger partial charge on any atom is -0.371 e. The molecular formula is C20H20Cl2N2O2. The van der Waals surface area contributed by atoms with Crippen LogP contribution in [0.5, 0.6) is 0 Å². The lowest BCUT2D eigenvalue weighted by molar-refractivity contribution is -0.0502. The van der Waals surface area contributed by atoms with Crippen molar-refractivity contribution < 1.29 is 9.53 Å². The summed E-state index contributed by atoms with van der Waals surface area (Å²) in [6.45, 7) is 2.39. The summed E-state index contributed by atoms with van der Waals surface area (Å²) < 4.78 is 6.06. The third-order valence-electron chi connectivity index (χ3n) is 5.11. The average Bonchev–Trinajstić information content (AvgIpc) is 3.06. The van der Waals surface area contributed by atoms with Crippen molar-refractivity contribution in [3.63, 3.8) is 0 Å². The summed E-state index contributed by atoms with van der Waals surface area (Å²) in [5.41, 5.74) is 1.73. The minimum atomic E-state index is -0.117. The van der Waals surface area contributed by atoms with Gasteiger partial charge in [0.25, 0.3) is 5.91 Å². The summed E-state index contributed by atoms with van der Waals surface area (Å²) >= 11 is 11.9. The smallest absolute Gasteiger partial charge is 0.251 e. The molecule has 2 aromatic carbocycles. The van der Waals surface area contributed by atoms with Gasteiger partial charge in [0.15, 0.2) is 0 Å². The minimum absolute atomic E-state index is 0.0944. The fourth-order valence-electron chi connectivity index (χ4n) is 3.75. The van der Waals surface area contributed by atoms with E-state index in [1.165, 1.54) is 5.56 Å². The second-order valence-electron chi connectivity index (χ2n) is 6.88. The molecule has 1 amide bonds. The Balaban J connectivity index is 1.37. The lowest BCUT2D eigenvalue weighted by Crippen LogP contribution is -2.43. The molecule has 2 aliphatic heterocycles. The van der Waals surface area contributed by atoms with Gasteiger partial charge in [-0.25, -0.2) is 0 Å². The fourth-order valence-corrected chi connectivity index (χ4v) is 4.05. The van der Waals surface area contributed by atoms with E-state index in [4.69, 9.17) is 27.9 Å². The zero-order chi connectivity index (χ0) is 18.1. The van der Waals surface area contributed by atoms with Crippen LogP contribution in [0.1, 0.15) is 28.4 Å². The Kier molecular flexibility index (Phi) is 5.18. The maximum absolute atomic E-state index is 12.5. The Bertz CT molecular complexity index is 800. The quantitative estimate of drug-likeness (QED) is 0.862. The van der Waals surface area contributed by atoms with Gasteiger partial charge in [-0.15, -0.1) is 0 Å². The maximum Gasteiger partial charge on any atom is 0.251 e. The fraction of sp³-hybridized carbons (Fsp3) is 0.350. The summed E-state index contributed by atoms with van der Waals surface area (Å²) in [5.74, 6) is -0.117. The zero-order valence-electron chi connectivity index (χ0n) is 14.2. The van der Waals surface area contributed by atoms with E-state index >= 15 is 0 Å². The zero-order valence-corrected chi connectivity index (χ0v) is 15.7. The number of benzene rings is 2. The molecule has 1 N–H and O–H groups in total. The molecule has 0 radical (unpaired) electrons. The van der Waals surface area contributed by atoms with Crippen molar-refractivity contribution in [1.82, 2.24) is 10.2 Å². The Hall–Kier alpha value is -1.59. The van der Waals surface area contributed by atoms with Crippen LogP contribution in [0.25, 0.3) is 0 Å². The van der Waals surface area contributed by atoms with E-state index in [1.807, 2.05) is 18.2 Å². The molecule has 0 bridgehead atoms. The van der Waals surface area contributed by atoms with Crippen molar-refractivity contribution >= 4 is 29.1 Å². The number of hydrogen-bond donors (Lipinski definition) is 1. The van der Waals surface area contributed by atoms with E-state index in [0.29, 0.717) is 28.3 Å². The van der Waals surface area contributed by atoms with Crippen molar-refractivity contribution in [3.05, 3.63) is 69.7 Å². The van der Waals surface area contributed by atoms with E-state index < -0.39 is 0 Å². The number of nitrogens with one attached hydrogen (secondary N) is 1. The van der Waals surface area contributed by atoms with Crippen LogP contribution in [0, 0.1) is 0 Å². The van der Waals surface area contributed by atoms with Crippen LogP contribution in [0.3, 0.4) is 0 Å². The van der Waals surface area contributed by atoms with Gasteiger partial charge in [0.2, 0.25) is 0 Å². The Labute approximate surface area is 163 Å². The maximum atomic E-state index is 12.5. The molecule has 4 nitrogen and oxygen atoms in total. The van der Waals surface area contributed by atoms with Crippen LogP contribution >= 0.6 is 23.2 Å². The predicted molar refractivity (Wildman–Crippen MR) is 103 cm³/mol. The van der Waals surface area contributed by atoms with E-state index in [1.54, 1.807) is 18.2 Å². The number of amides is 1. The number of fused-ring (bicyclic) bond motifs is 1. The van der Waals surface area contributed by atoms with Gasteiger partial charge in [0.05, 0.1) is 22.8 Å². The number of carbonyl (C=O) groups is 1. The first-order valence-electron chi connectivity index (χ1n) is 8.76. The second-order valence-corrected chi connectivity index (χ2v) is 7.69. The van der Waals surface area contributed by atoms with Crippen molar-refractivity contribution in [3.8, 4) is 0 Å². The van der Waals surface area contributed by atoms with Gasteiger partial charge in [0.1, 0.15) is 0 Å². The molecule has 3 atom stereocenters. The highest BCUT2D eigenvalue weighted by molar-refractivity contribution is 6.42. The molecular weight excluding hydrogens is 371 g/mol. The topological polar surface area (TPSA) is 41.6 Å². The molecule has 0 saturated carbocycles. The van der Waals surface area contributed by atoms with Gasteiger partial charge in [-0.05, 0) is 30.2 Å². The van der Waals surface area contributed by atoms with Gasteiger partial charge in [-0.2, -0.15) is 0 Å². The molecule has 0 aliphatic carbocycles. The number of nitrogens with zero attached hydrogens (tertiary/aromatic N) is 1. The summed E-state index contributed by atoms with van der Waals surface area (Å²) in [6, 6.07) is 15.7. The second kappa shape index (κ2) is 7.57. The Morgan fingerprint density at radius 2 is 1.88 bits per heavy atom. The van der Waals surface area contributed by atoms with Gasteiger partial charge in [-0.3, -0.25) is 9.69 Å². The standard InChI is InChI=1S/C20H20Cl2N2O2/c21-17-7-6-14(8-18(17)22)20(25)23-15-9-16-12-26-19(11-24(16)10-15)13-4-2-1-3-5-13/h1-8,15-16,19H,9-12H2,(H,23,25)/t15-,16+,19-/m1/s1. The summed E-state index contributed by atoms with van der Waals surface area (Å²) in [6.07, 6.45) is 0.992. The molecule has 2 saturated heterocycles. The molecule has 136 valence electrons. The van der Waals surface area contributed by atoms with Crippen LogP contribution in [-0.4, -0.2) is 42.6 Å². The first-order valence-corrected chi connectivity index (χ1v) is 9.52. The van der Waals surface area contributed by atoms with Crippen LogP contribution < -0.4 is 5.32 Å². The van der Waals surface area contributed by atoms with Crippen LogP contribution in [0.15, 0.2) is 48.5 Å². The van der Waals surface area contributed by atoms with E-state index in [9.17, 15) is 4.79 Å². The molecule has 6 heteroatoms. The number of morpholine rings is 1. The van der Waals surface area contributed by atoms with Gasteiger partial charge in [-0.1, -0.05) is 53.5 Å². The summed E-state index contributed by atoms with van der Waals surface area (Å²) in [7, 11) is 0. The molecule has 26 heavy (non-hydrogen) atoms. The van der Waals surface area contributed by atoms with Crippen molar-refractivity contribution in [2.24, 2.45) is 0 Å². The predicted octanol–water partition coefficient (Wildman–Crippen LogP) is 3.94. The SMILES string of the molecule is O=C(N[C@@H]1C[C@H]2CO[C@@H](c3ccccc3)CN2C1)c1ccc(Cl)c(Cl)c1. The Morgan fingerprint density at radius 1 is 1.08 bits per heavy atom. The van der Waals surface area contributed by atoms with Crippen molar-refractivity contribution in [2.75, 3.05) is 19.7 Å². The van der Waals surface area contributed by atoms with E-state index in [-0.39, 0.29) is 18.1 Å². The lowest BCUT2D eigenvalue weighted by Gasteiger charge is -2.35. The largest absolute Gasteiger partial charge is 0.371 e. The number of hydrogen-bond acceptors (Lipinski definition) is 3. The highest BCUT2D eigenvalue weighted by Gasteiger charge is 2.38. The number of carbonyl (C=O) groups excluding carboxylic acids is 1. The van der Waals surface area contributed by atoms with Gasteiger partial charge >= 0.3 is 0 Å². The average molecular weight is 391 g/mol.